The third kappa shape index (κ3) is 5.27. The Kier molecular flexibility index (Phi) is 6.45. The fourth-order valence-corrected chi connectivity index (χ4v) is 2.19. The van der Waals surface area contributed by atoms with Gasteiger partial charge in [0, 0.05) is 25.0 Å². The minimum absolute atomic E-state index is 0.0178. The van der Waals surface area contributed by atoms with E-state index in [9.17, 15) is 9.59 Å². The first-order valence-electron chi connectivity index (χ1n) is 8.12. The van der Waals surface area contributed by atoms with Crippen LogP contribution < -0.4 is 10.1 Å². The van der Waals surface area contributed by atoms with E-state index in [0.29, 0.717) is 17.9 Å². The molecular formula is C18H22N4O3. The van der Waals surface area contributed by atoms with Crippen molar-refractivity contribution in [1.29, 1.82) is 0 Å². The van der Waals surface area contributed by atoms with Crippen LogP contribution in [0.4, 0.5) is 0 Å². The number of carbonyl (C=O) groups excluding carboxylic acids is 2. The monoisotopic (exact) mass is 342 g/mol. The standard InChI is InChI=1S/C18H22N4O3/c1-4-22(12-16(23)21-13(2)3)18(24)15-8-6-10-20-17(15)25-14-7-5-9-19-11-14/h5-11,13H,4,12H2,1-3H3,(H,21,23). The van der Waals surface area contributed by atoms with Crippen LogP contribution in [0.1, 0.15) is 31.1 Å². The Labute approximate surface area is 147 Å². The zero-order chi connectivity index (χ0) is 18.2. The molecule has 1 N–H and O–H groups in total. The zero-order valence-electron chi connectivity index (χ0n) is 14.6. The Hall–Kier alpha value is -2.96. The third-order valence-corrected chi connectivity index (χ3v) is 3.30. The molecular weight excluding hydrogens is 320 g/mol. The summed E-state index contributed by atoms with van der Waals surface area (Å²) >= 11 is 0. The fourth-order valence-electron chi connectivity index (χ4n) is 2.19. The van der Waals surface area contributed by atoms with E-state index < -0.39 is 0 Å². The van der Waals surface area contributed by atoms with Crippen LogP contribution in [0.2, 0.25) is 0 Å². The molecule has 2 aromatic heterocycles. The van der Waals surface area contributed by atoms with Crippen LogP contribution in [-0.2, 0) is 4.79 Å². The van der Waals surface area contributed by atoms with Gasteiger partial charge in [-0.1, -0.05) is 0 Å². The van der Waals surface area contributed by atoms with Crippen molar-refractivity contribution < 1.29 is 14.3 Å². The molecule has 0 unspecified atom stereocenters. The average Bonchev–Trinajstić information content (AvgIpc) is 2.60. The van der Waals surface area contributed by atoms with Crippen LogP contribution in [0, 0.1) is 0 Å². The van der Waals surface area contributed by atoms with Gasteiger partial charge >= 0.3 is 0 Å². The van der Waals surface area contributed by atoms with E-state index in [-0.39, 0.29) is 30.3 Å². The normalized spacial score (nSPS) is 10.4. The number of rotatable bonds is 7. The van der Waals surface area contributed by atoms with Crippen LogP contribution in [0.15, 0.2) is 42.9 Å². The van der Waals surface area contributed by atoms with Crippen molar-refractivity contribution in [2.24, 2.45) is 0 Å². The molecule has 0 aliphatic carbocycles. The topological polar surface area (TPSA) is 84.4 Å². The van der Waals surface area contributed by atoms with E-state index in [2.05, 4.69) is 15.3 Å². The number of aromatic nitrogens is 2. The molecule has 0 aliphatic heterocycles. The number of likely N-dealkylation sites (N-methyl/N-ethyl adjacent to an activating group) is 1. The molecule has 25 heavy (non-hydrogen) atoms. The number of nitrogens with one attached hydrogen (secondary N) is 1. The van der Waals surface area contributed by atoms with E-state index in [1.54, 1.807) is 36.7 Å². The lowest BCUT2D eigenvalue weighted by atomic mass is 10.2. The maximum Gasteiger partial charge on any atom is 0.259 e. The fraction of sp³-hybridized carbons (Fsp3) is 0.333. The minimum Gasteiger partial charge on any atom is -0.437 e. The molecule has 0 fully saturated rings. The lowest BCUT2D eigenvalue weighted by Gasteiger charge is -2.22. The number of pyridine rings is 2. The maximum atomic E-state index is 12.8. The van der Waals surface area contributed by atoms with Crippen molar-refractivity contribution in [3.05, 3.63) is 48.4 Å². The molecule has 0 radical (unpaired) electrons. The summed E-state index contributed by atoms with van der Waals surface area (Å²) in [6.07, 6.45) is 4.71. The molecule has 132 valence electrons. The van der Waals surface area contributed by atoms with Gasteiger partial charge < -0.3 is 15.0 Å². The zero-order valence-corrected chi connectivity index (χ0v) is 14.6. The van der Waals surface area contributed by atoms with Crippen molar-refractivity contribution in [2.75, 3.05) is 13.1 Å². The van der Waals surface area contributed by atoms with Crippen molar-refractivity contribution >= 4 is 11.8 Å². The Bertz CT molecular complexity index is 719. The van der Waals surface area contributed by atoms with Gasteiger partial charge in [0.25, 0.3) is 5.91 Å². The van der Waals surface area contributed by atoms with Crippen LogP contribution >= 0.6 is 0 Å². The second-order valence-corrected chi connectivity index (χ2v) is 5.69. The molecule has 0 saturated carbocycles. The highest BCUT2D eigenvalue weighted by Gasteiger charge is 2.22. The molecule has 7 nitrogen and oxygen atoms in total. The molecule has 0 saturated heterocycles. The summed E-state index contributed by atoms with van der Waals surface area (Å²) in [5, 5.41) is 2.78. The molecule has 2 heterocycles. The summed E-state index contributed by atoms with van der Waals surface area (Å²) in [5.41, 5.74) is 0.297. The summed E-state index contributed by atoms with van der Waals surface area (Å²) in [7, 11) is 0. The van der Waals surface area contributed by atoms with Gasteiger partial charge in [-0.15, -0.1) is 0 Å². The predicted molar refractivity (Wildman–Crippen MR) is 93.4 cm³/mol. The molecule has 0 spiro atoms. The highest BCUT2D eigenvalue weighted by molar-refractivity contribution is 5.98. The lowest BCUT2D eigenvalue weighted by molar-refractivity contribution is -0.122. The van der Waals surface area contributed by atoms with Crippen molar-refractivity contribution in [3.8, 4) is 11.6 Å². The number of hydrogen-bond donors (Lipinski definition) is 1. The first-order chi connectivity index (χ1) is 12.0. The van der Waals surface area contributed by atoms with E-state index in [1.807, 2.05) is 20.8 Å². The van der Waals surface area contributed by atoms with Gasteiger partial charge in [0.1, 0.15) is 11.3 Å². The van der Waals surface area contributed by atoms with Crippen molar-refractivity contribution in [3.63, 3.8) is 0 Å². The van der Waals surface area contributed by atoms with Gasteiger partial charge in [0.2, 0.25) is 11.8 Å². The summed E-state index contributed by atoms with van der Waals surface area (Å²) in [5.74, 6) is 0.149. The highest BCUT2D eigenvalue weighted by Crippen LogP contribution is 2.23. The van der Waals surface area contributed by atoms with Gasteiger partial charge in [0.05, 0.1) is 12.7 Å². The molecule has 0 aromatic carbocycles. The first kappa shape index (κ1) is 18.4. The smallest absolute Gasteiger partial charge is 0.259 e. The van der Waals surface area contributed by atoms with Gasteiger partial charge in [-0.3, -0.25) is 14.6 Å². The van der Waals surface area contributed by atoms with Crippen LogP contribution in [0.3, 0.4) is 0 Å². The van der Waals surface area contributed by atoms with Crippen molar-refractivity contribution in [1.82, 2.24) is 20.2 Å². The molecule has 7 heteroatoms. The van der Waals surface area contributed by atoms with Crippen LogP contribution in [-0.4, -0.2) is 45.8 Å². The van der Waals surface area contributed by atoms with Gasteiger partial charge in [0.15, 0.2) is 0 Å². The SMILES string of the molecule is CCN(CC(=O)NC(C)C)C(=O)c1cccnc1Oc1cccnc1. The van der Waals surface area contributed by atoms with Crippen LogP contribution in [0.5, 0.6) is 11.6 Å². The quantitative estimate of drug-likeness (QED) is 0.834. The summed E-state index contributed by atoms with van der Waals surface area (Å²) in [6, 6.07) is 6.76. The molecule has 0 bridgehead atoms. The third-order valence-electron chi connectivity index (χ3n) is 3.30. The highest BCUT2D eigenvalue weighted by atomic mass is 16.5. The number of hydrogen-bond acceptors (Lipinski definition) is 5. The van der Waals surface area contributed by atoms with E-state index in [1.165, 1.54) is 11.1 Å². The number of nitrogens with zero attached hydrogens (tertiary/aromatic N) is 3. The Balaban J connectivity index is 2.18. The van der Waals surface area contributed by atoms with E-state index >= 15 is 0 Å². The van der Waals surface area contributed by atoms with Gasteiger partial charge in [-0.2, -0.15) is 0 Å². The van der Waals surface area contributed by atoms with Crippen LogP contribution in [0.25, 0.3) is 0 Å². The van der Waals surface area contributed by atoms with E-state index in [4.69, 9.17) is 4.74 Å². The summed E-state index contributed by atoms with van der Waals surface area (Å²) < 4.78 is 5.67. The number of carbonyl (C=O) groups is 2. The maximum absolute atomic E-state index is 12.8. The second kappa shape index (κ2) is 8.77. The summed E-state index contributed by atoms with van der Waals surface area (Å²) in [6.45, 7) is 5.94. The molecule has 2 aromatic rings. The van der Waals surface area contributed by atoms with Gasteiger partial charge in [-0.05, 0) is 45.0 Å². The van der Waals surface area contributed by atoms with Gasteiger partial charge in [-0.25, -0.2) is 4.98 Å². The van der Waals surface area contributed by atoms with Crippen molar-refractivity contribution in [2.45, 2.75) is 26.8 Å². The number of amides is 2. The minimum atomic E-state index is -0.312. The number of ether oxygens (including phenoxy) is 1. The predicted octanol–water partition coefficient (Wildman–Crippen LogP) is 2.26. The Morgan fingerprint density at radius 1 is 1.24 bits per heavy atom. The largest absolute Gasteiger partial charge is 0.437 e. The molecule has 0 aliphatic rings. The van der Waals surface area contributed by atoms with E-state index in [0.717, 1.165) is 0 Å². The molecule has 2 rings (SSSR count). The molecule has 0 atom stereocenters. The Morgan fingerprint density at radius 3 is 2.64 bits per heavy atom. The first-order valence-corrected chi connectivity index (χ1v) is 8.12. The lowest BCUT2D eigenvalue weighted by Crippen LogP contribution is -2.42. The molecule has 2 amide bonds. The summed E-state index contributed by atoms with van der Waals surface area (Å²) in [4.78, 5) is 34.4. The second-order valence-electron chi connectivity index (χ2n) is 5.69. The Morgan fingerprint density at radius 2 is 2.00 bits per heavy atom. The average molecular weight is 342 g/mol.